The normalized spacial score (nSPS) is 26.5. The van der Waals surface area contributed by atoms with E-state index in [9.17, 15) is 36.2 Å². The number of rotatable bonds is 5. The van der Waals surface area contributed by atoms with Crippen LogP contribution in [-0.4, -0.2) is 35.9 Å². The number of carbonyl (C=O) groups excluding carboxylic acids is 1. The molecule has 0 aliphatic carbocycles. The summed E-state index contributed by atoms with van der Waals surface area (Å²) in [5.74, 6) is -3.00. The first kappa shape index (κ1) is 24.3. The quantitative estimate of drug-likeness (QED) is 0.581. The SMILES string of the molecule is CCOc1ccc(NC(=O)C2C3CC(O)C(O3)C2c2cccc(C(F)(F)F)c2)cc1C(F)(F)F. The molecule has 5 atom stereocenters. The van der Waals surface area contributed by atoms with Gasteiger partial charge in [-0.05, 0) is 36.8 Å². The predicted octanol–water partition coefficient (Wildman–Crippen LogP) is 4.99. The lowest BCUT2D eigenvalue weighted by molar-refractivity contribution is -0.139. The maximum absolute atomic E-state index is 13.4. The van der Waals surface area contributed by atoms with Crippen LogP contribution in [0.3, 0.4) is 0 Å². The number of nitrogens with one attached hydrogen (secondary N) is 1. The number of ether oxygens (including phenoxy) is 2. The lowest BCUT2D eigenvalue weighted by atomic mass is 9.73. The summed E-state index contributed by atoms with van der Waals surface area (Å²) in [4.78, 5) is 13.1. The second-order valence-electron chi connectivity index (χ2n) is 8.25. The van der Waals surface area contributed by atoms with Gasteiger partial charge in [-0.25, -0.2) is 0 Å². The van der Waals surface area contributed by atoms with Crippen molar-refractivity contribution >= 4 is 11.6 Å². The smallest absolute Gasteiger partial charge is 0.420 e. The Bertz CT molecular complexity index is 1070. The summed E-state index contributed by atoms with van der Waals surface area (Å²) in [7, 11) is 0. The highest BCUT2D eigenvalue weighted by atomic mass is 19.4. The van der Waals surface area contributed by atoms with Gasteiger partial charge in [0.2, 0.25) is 5.91 Å². The Hall–Kier alpha value is -2.79. The Labute approximate surface area is 190 Å². The third-order valence-electron chi connectivity index (χ3n) is 6.08. The minimum absolute atomic E-state index is 0.0122. The molecule has 2 aromatic rings. The fourth-order valence-electron chi connectivity index (χ4n) is 4.70. The highest BCUT2D eigenvalue weighted by molar-refractivity contribution is 5.94. The monoisotopic (exact) mass is 489 g/mol. The minimum Gasteiger partial charge on any atom is -0.493 e. The fourth-order valence-corrected chi connectivity index (χ4v) is 4.70. The summed E-state index contributed by atoms with van der Waals surface area (Å²) < 4.78 is 90.7. The highest BCUT2D eigenvalue weighted by Crippen LogP contribution is 2.50. The van der Waals surface area contributed by atoms with Gasteiger partial charge in [0.15, 0.2) is 0 Å². The number of hydrogen-bond acceptors (Lipinski definition) is 4. The Morgan fingerprint density at radius 2 is 1.85 bits per heavy atom. The molecule has 5 unspecified atom stereocenters. The van der Waals surface area contributed by atoms with E-state index in [0.717, 1.165) is 24.3 Å². The van der Waals surface area contributed by atoms with Crippen molar-refractivity contribution < 1.29 is 45.7 Å². The molecule has 0 spiro atoms. The van der Waals surface area contributed by atoms with Gasteiger partial charge in [-0.2, -0.15) is 26.3 Å². The molecule has 0 aromatic heterocycles. The molecule has 2 saturated heterocycles. The summed E-state index contributed by atoms with van der Waals surface area (Å²) in [6.45, 7) is 1.55. The van der Waals surface area contributed by atoms with E-state index in [4.69, 9.17) is 9.47 Å². The van der Waals surface area contributed by atoms with Crippen molar-refractivity contribution in [2.24, 2.45) is 5.92 Å². The number of amides is 1. The molecule has 2 fully saturated rings. The molecule has 34 heavy (non-hydrogen) atoms. The topological polar surface area (TPSA) is 67.8 Å². The van der Waals surface area contributed by atoms with Gasteiger partial charge in [0.05, 0.1) is 42.0 Å². The Kier molecular flexibility index (Phi) is 6.28. The third-order valence-corrected chi connectivity index (χ3v) is 6.08. The second-order valence-corrected chi connectivity index (χ2v) is 8.25. The second kappa shape index (κ2) is 8.77. The first-order valence-electron chi connectivity index (χ1n) is 10.6. The van der Waals surface area contributed by atoms with Crippen LogP contribution in [-0.2, 0) is 21.9 Å². The first-order chi connectivity index (χ1) is 15.9. The molecule has 2 bridgehead atoms. The van der Waals surface area contributed by atoms with Crippen LogP contribution in [0.25, 0.3) is 0 Å². The number of halogens is 6. The molecule has 2 heterocycles. The van der Waals surface area contributed by atoms with Crippen molar-refractivity contribution in [3.8, 4) is 5.75 Å². The third kappa shape index (κ3) is 4.58. The number of fused-ring (bicyclic) bond motifs is 2. The van der Waals surface area contributed by atoms with E-state index in [1.165, 1.54) is 25.1 Å². The first-order valence-corrected chi connectivity index (χ1v) is 10.6. The van der Waals surface area contributed by atoms with E-state index in [-0.39, 0.29) is 30.0 Å². The van der Waals surface area contributed by atoms with E-state index < -0.39 is 59.5 Å². The molecule has 5 nitrogen and oxygen atoms in total. The standard InChI is InChI=1S/C23H21F6NO4/c1-2-33-16-7-6-13(9-14(16)23(27,28)29)30-21(32)19-17-10-15(31)20(34-17)18(19)11-4-3-5-12(8-11)22(24,25)26/h3-9,15,17-20,31H,2,10H2,1H3,(H,30,32). The summed E-state index contributed by atoms with van der Waals surface area (Å²) in [5, 5.41) is 12.7. The minimum atomic E-state index is -4.73. The zero-order chi connectivity index (χ0) is 24.8. The van der Waals surface area contributed by atoms with Crippen LogP contribution in [0.4, 0.5) is 32.0 Å². The maximum atomic E-state index is 13.4. The number of carbonyl (C=O) groups is 1. The van der Waals surface area contributed by atoms with Crippen LogP contribution in [0.15, 0.2) is 42.5 Å². The van der Waals surface area contributed by atoms with Gasteiger partial charge >= 0.3 is 12.4 Å². The summed E-state index contributed by atoms with van der Waals surface area (Å²) in [6, 6.07) is 7.49. The molecule has 1 amide bonds. The average molecular weight is 489 g/mol. The van der Waals surface area contributed by atoms with Gasteiger partial charge < -0.3 is 19.9 Å². The zero-order valence-electron chi connectivity index (χ0n) is 17.8. The van der Waals surface area contributed by atoms with E-state index in [1.54, 1.807) is 0 Å². The predicted molar refractivity (Wildman–Crippen MR) is 108 cm³/mol. The van der Waals surface area contributed by atoms with Crippen molar-refractivity contribution in [3.05, 3.63) is 59.2 Å². The molecule has 4 rings (SSSR count). The maximum Gasteiger partial charge on any atom is 0.420 e. The van der Waals surface area contributed by atoms with Crippen molar-refractivity contribution in [2.45, 2.75) is 49.9 Å². The molecule has 2 aromatic carbocycles. The highest BCUT2D eigenvalue weighted by Gasteiger charge is 2.57. The van der Waals surface area contributed by atoms with Gasteiger partial charge in [-0.1, -0.05) is 18.2 Å². The number of aliphatic hydroxyl groups excluding tert-OH is 1. The molecule has 0 saturated carbocycles. The van der Waals surface area contributed by atoms with Crippen LogP contribution in [0.1, 0.15) is 36.0 Å². The molecule has 2 aliphatic rings. The van der Waals surface area contributed by atoms with Gasteiger partial charge in [0.25, 0.3) is 0 Å². The van der Waals surface area contributed by atoms with Crippen LogP contribution >= 0.6 is 0 Å². The van der Waals surface area contributed by atoms with Crippen LogP contribution in [0, 0.1) is 5.92 Å². The van der Waals surface area contributed by atoms with E-state index in [2.05, 4.69) is 5.32 Å². The summed E-state index contributed by atoms with van der Waals surface area (Å²) in [6.07, 6.45) is -11.9. The molecular formula is C23H21F6NO4. The van der Waals surface area contributed by atoms with Gasteiger partial charge in [-0.3, -0.25) is 4.79 Å². The molecule has 2 aliphatic heterocycles. The Morgan fingerprint density at radius 1 is 1.12 bits per heavy atom. The molecule has 0 radical (unpaired) electrons. The fraction of sp³-hybridized carbons (Fsp3) is 0.435. The summed E-state index contributed by atoms with van der Waals surface area (Å²) >= 11 is 0. The van der Waals surface area contributed by atoms with Crippen molar-refractivity contribution in [3.63, 3.8) is 0 Å². The van der Waals surface area contributed by atoms with Gasteiger partial charge in [-0.15, -0.1) is 0 Å². The van der Waals surface area contributed by atoms with Gasteiger partial charge in [0, 0.05) is 18.0 Å². The Morgan fingerprint density at radius 3 is 2.50 bits per heavy atom. The van der Waals surface area contributed by atoms with Crippen molar-refractivity contribution in [1.82, 2.24) is 0 Å². The zero-order valence-corrected chi connectivity index (χ0v) is 17.8. The van der Waals surface area contributed by atoms with Gasteiger partial charge in [0.1, 0.15) is 5.75 Å². The van der Waals surface area contributed by atoms with E-state index >= 15 is 0 Å². The van der Waals surface area contributed by atoms with E-state index in [0.29, 0.717) is 0 Å². The van der Waals surface area contributed by atoms with Crippen LogP contribution in [0.5, 0.6) is 5.75 Å². The van der Waals surface area contributed by atoms with Crippen molar-refractivity contribution in [1.29, 1.82) is 0 Å². The van der Waals surface area contributed by atoms with E-state index in [1.807, 2.05) is 0 Å². The Balaban J connectivity index is 1.64. The summed E-state index contributed by atoms with van der Waals surface area (Å²) in [5.41, 5.74) is -1.97. The number of aliphatic hydroxyl groups is 1. The van der Waals surface area contributed by atoms with Crippen LogP contribution < -0.4 is 10.1 Å². The molecule has 184 valence electrons. The molecular weight excluding hydrogens is 468 g/mol. The van der Waals surface area contributed by atoms with Crippen molar-refractivity contribution in [2.75, 3.05) is 11.9 Å². The number of hydrogen-bond donors (Lipinski definition) is 2. The molecule has 2 N–H and O–H groups in total. The number of alkyl halides is 6. The largest absolute Gasteiger partial charge is 0.493 e. The average Bonchev–Trinajstić information content (AvgIpc) is 3.31. The number of benzene rings is 2. The molecule has 11 heteroatoms. The number of anilines is 1. The lowest BCUT2D eigenvalue weighted by Crippen LogP contribution is -2.41. The lowest BCUT2D eigenvalue weighted by Gasteiger charge is -2.30. The van der Waals surface area contributed by atoms with Crippen LogP contribution in [0.2, 0.25) is 0 Å².